The third-order valence-electron chi connectivity index (χ3n) is 3.85. The quantitative estimate of drug-likeness (QED) is 0.799. The molecular weight excluding hydrogens is 276 g/mol. The van der Waals surface area contributed by atoms with Crippen LogP contribution in [-0.4, -0.2) is 11.1 Å². The fraction of sp³-hybridized carbons (Fsp3) is 0.632. The highest BCUT2D eigenvalue weighted by molar-refractivity contribution is 5.69. The molecule has 1 aromatic carbocycles. The Bertz CT molecular complexity index is 545. The molecule has 0 amide bonds. The normalized spacial score (nSPS) is 13.8. The van der Waals surface area contributed by atoms with Crippen LogP contribution in [-0.2, 0) is 20.4 Å². The molecule has 0 heterocycles. The molecule has 0 spiro atoms. The molecule has 1 N–H and O–H groups in total. The highest BCUT2D eigenvalue weighted by Crippen LogP contribution is 2.40. The maximum absolute atomic E-state index is 11.6. The number of phenols is 1. The average molecular weight is 306 g/mol. The van der Waals surface area contributed by atoms with E-state index in [4.69, 9.17) is 4.74 Å². The summed E-state index contributed by atoms with van der Waals surface area (Å²) in [5.74, 6) is -0.0257. The van der Waals surface area contributed by atoms with E-state index in [1.807, 2.05) is 13.0 Å². The van der Waals surface area contributed by atoms with Gasteiger partial charge in [0.2, 0.25) is 0 Å². The van der Waals surface area contributed by atoms with Gasteiger partial charge in [-0.3, -0.25) is 4.79 Å². The monoisotopic (exact) mass is 306 g/mol. The summed E-state index contributed by atoms with van der Waals surface area (Å²) in [6.07, 6.45) is -0.133. The molecule has 0 saturated heterocycles. The van der Waals surface area contributed by atoms with Gasteiger partial charge in [0, 0.05) is 12.0 Å². The summed E-state index contributed by atoms with van der Waals surface area (Å²) < 4.78 is 5.40. The summed E-state index contributed by atoms with van der Waals surface area (Å²) in [6, 6.07) is 4.02. The fourth-order valence-corrected chi connectivity index (χ4v) is 2.32. The third-order valence-corrected chi connectivity index (χ3v) is 3.85. The molecule has 0 aliphatic rings. The first-order valence-electron chi connectivity index (χ1n) is 7.95. The molecule has 0 aliphatic carbocycles. The van der Waals surface area contributed by atoms with Gasteiger partial charge in [-0.05, 0) is 34.9 Å². The summed E-state index contributed by atoms with van der Waals surface area (Å²) in [7, 11) is 0. The van der Waals surface area contributed by atoms with Crippen LogP contribution in [0.4, 0.5) is 0 Å². The molecular formula is C19H30O3. The summed E-state index contributed by atoms with van der Waals surface area (Å²) >= 11 is 0. The first-order valence-corrected chi connectivity index (χ1v) is 7.95. The van der Waals surface area contributed by atoms with Crippen molar-refractivity contribution in [3.8, 4) is 5.75 Å². The fourth-order valence-electron chi connectivity index (χ4n) is 2.32. The van der Waals surface area contributed by atoms with E-state index in [0.717, 1.165) is 11.1 Å². The van der Waals surface area contributed by atoms with Crippen molar-refractivity contribution in [3.63, 3.8) is 0 Å². The van der Waals surface area contributed by atoms with Gasteiger partial charge in [0.05, 0.1) is 0 Å². The molecule has 0 saturated carbocycles. The lowest BCUT2D eigenvalue weighted by atomic mass is 9.78. The number of hydrogen-bond donors (Lipinski definition) is 1. The minimum Gasteiger partial charge on any atom is -0.507 e. The van der Waals surface area contributed by atoms with Gasteiger partial charge in [-0.2, -0.15) is 0 Å². The Morgan fingerprint density at radius 3 is 2.09 bits per heavy atom. The molecule has 22 heavy (non-hydrogen) atoms. The average Bonchev–Trinajstić information content (AvgIpc) is 2.35. The summed E-state index contributed by atoms with van der Waals surface area (Å²) in [6.45, 7) is 16.2. The van der Waals surface area contributed by atoms with Crippen molar-refractivity contribution in [1.29, 1.82) is 0 Å². The highest BCUT2D eigenvalue weighted by atomic mass is 16.5. The Morgan fingerprint density at radius 1 is 1.14 bits per heavy atom. The van der Waals surface area contributed by atoms with E-state index in [-0.39, 0.29) is 22.5 Å². The van der Waals surface area contributed by atoms with E-state index < -0.39 is 6.10 Å². The number of benzene rings is 1. The number of aromatic hydroxyl groups is 1. The van der Waals surface area contributed by atoms with E-state index in [0.29, 0.717) is 12.0 Å². The number of esters is 1. The zero-order valence-electron chi connectivity index (χ0n) is 15.2. The van der Waals surface area contributed by atoms with Gasteiger partial charge in [-0.25, -0.2) is 0 Å². The van der Waals surface area contributed by atoms with Crippen LogP contribution in [0.15, 0.2) is 12.1 Å². The molecule has 124 valence electrons. The first-order chi connectivity index (χ1) is 9.87. The van der Waals surface area contributed by atoms with Crippen LogP contribution in [0, 0.1) is 0 Å². The molecule has 0 fully saturated rings. The molecule has 0 radical (unpaired) electrons. The van der Waals surface area contributed by atoms with Crippen LogP contribution < -0.4 is 0 Å². The van der Waals surface area contributed by atoms with Gasteiger partial charge in [-0.15, -0.1) is 0 Å². The number of hydrogen-bond acceptors (Lipinski definition) is 3. The van der Waals surface area contributed by atoms with Gasteiger partial charge < -0.3 is 9.84 Å². The molecule has 1 rings (SSSR count). The Hall–Kier alpha value is -1.51. The number of rotatable bonds is 3. The Kier molecular flexibility index (Phi) is 5.32. The molecule has 1 unspecified atom stereocenters. The molecule has 0 aliphatic heterocycles. The lowest BCUT2D eigenvalue weighted by Crippen LogP contribution is -2.19. The number of carbonyl (C=O) groups excluding carboxylic acids is 1. The van der Waals surface area contributed by atoms with Crippen molar-refractivity contribution in [2.24, 2.45) is 0 Å². The lowest BCUT2D eigenvalue weighted by molar-refractivity contribution is -0.148. The van der Waals surface area contributed by atoms with Crippen LogP contribution in [0.2, 0.25) is 0 Å². The van der Waals surface area contributed by atoms with Gasteiger partial charge in [0.1, 0.15) is 11.9 Å². The maximum Gasteiger partial charge on any atom is 0.306 e. The zero-order valence-corrected chi connectivity index (χ0v) is 15.2. The zero-order chi connectivity index (χ0) is 17.3. The van der Waals surface area contributed by atoms with Crippen molar-refractivity contribution in [1.82, 2.24) is 0 Å². The van der Waals surface area contributed by atoms with Crippen LogP contribution in [0.5, 0.6) is 5.75 Å². The topological polar surface area (TPSA) is 46.5 Å². The minimum absolute atomic E-state index is 0.0447. The SMILES string of the molecule is CCC(=O)OC(C)c1cc(C(C)(C)C)cc(C(C)(C)C)c1O. The number of phenolic OH excluding ortho intramolecular Hbond substituents is 1. The Labute approximate surface area is 134 Å². The predicted molar refractivity (Wildman–Crippen MR) is 90.3 cm³/mol. The van der Waals surface area contributed by atoms with Crippen molar-refractivity contribution >= 4 is 5.97 Å². The van der Waals surface area contributed by atoms with Crippen LogP contribution >= 0.6 is 0 Å². The van der Waals surface area contributed by atoms with Crippen LogP contribution in [0.3, 0.4) is 0 Å². The number of carbonyl (C=O) groups is 1. The van der Waals surface area contributed by atoms with Crippen LogP contribution in [0.25, 0.3) is 0 Å². The molecule has 3 heteroatoms. The molecule has 0 aromatic heterocycles. The molecule has 0 bridgehead atoms. The second-order valence-electron chi connectivity index (χ2n) is 7.95. The summed E-state index contributed by atoms with van der Waals surface area (Å²) in [5, 5.41) is 10.7. The van der Waals surface area contributed by atoms with Crippen LogP contribution in [0.1, 0.15) is 84.6 Å². The molecule has 3 nitrogen and oxygen atoms in total. The van der Waals surface area contributed by atoms with Gasteiger partial charge in [0.15, 0.2) is 0 Å². The van der Waals surface area contributed by atoms with Crippen molar-refractivity contribution in [2.75, 3.05) is 0 Å². The standard InChI is InChI=1S/C19H30O3/c1-9-16(20)22-12(2)14-10-13(18(3,4)5)11-15(17(14)21)19(6,7)8/h10-12,21H,9H2,1-8H3. The van der Waals surface area contributed by atoms with E-state index in [1.165, 1.54) is 0 Å². The van der Waals surface area contributed by atoms with Crippen molar-refractivity contribution < 1.29 is 14.6 Å². The third kappa shape index (κ3) is 4.25. The second-order valence-corrected chi connectivity index (χ2v) is 7.95. The Balaban J connectivity index is 3.46. The van der Waals surface area contributed by atoms with E-state index in [1.54, 1.807) is 6.92 Å². The highest BCUT2D eigenvalue weighted by Gasteiger charge is 2.27. The minimum atomic E-state index is -0.462. The smallest absolute Gasteiger partial charge is 0.306 e. The van der Waals surface area contributed by atoms with E-state index >= 15 is 0 Å². The van der Waals surface area contributed by atoms with E-state index in [2.05, 4.69) is 47.6 Å². The summed E-state index contributed by atoms with van der Waals surface area (Å²) in [4.78, 5) is 11.6. The van der Waals surface area contributed by atoms with Gasteiger partial charge in [0.25, 0.3) is 0 Å². The van der Waals surface area contributed by atoms with E-state index in [9.17, 15) is 9.90 Å². The lowest BCUT2D eigenvalue weighted by Gasteiger charge is -2.28. The van der Waals surface area contributed by atoms with Crippen molar-refractivity contribution in [2.45, 2.75) is 78.7 Å². The number of ether oxygens (including phenoxy) is 1. The van der Waals surface area contributed by atoms with Crippen molar-refractivity contribution in [3.05, 3.63) is 28.8 Å². The second kappa shape index (κ2) is 6.31. The Morgan fingerprint density at radius 2 is 1.68 bits per heavy atom. The molecule has 1 atom stereocenters. The largest absolute Gasteiger partial charge is 0.507 e. The predicted octanol–water partition coefficient (Wildman–Crippen LogP) is 5.00. The van der Waals surface area contributed by atoms with Gasteiger partial charge in [-0.1, -0.05) is 54.5 Å². The first kappa shape index (κ1) is 18.5. The van der Waals surface area contributed by atoms with Gasteiger partial charge >= 0.3 is 5.97 Å². The molecule has 1 aromatic rings. The maximum atomic E-state index is 11.6. The summed E-state index contributed by atoms with van der Waals surface area (Å²) in [5.41, 5.74) is 2.46.